The van der Waals surface area contributed by atoms with Crippen molar-refractivity contribution in [1.82, 2.24) is 15.1 Å². The van der Waals surface area contributed by atoms with Gasteiger partial charge in [0.05, 0.1) is 12.0 Å². The zero-order valence-corrected chi connectivity index (χ0v) is 14.2. The summed E-state index contributed by atoms with van der Waals surface area (Å²) in [5.74, 6) is 0.698. The van der Waals surface area contributed by atoms with E-state index in [0.717, 1.165) is 31.1 Å². The van der Waals surface area contributed by atoms with Gasteiger partial charge in [-0.05, 0) is 38.7 Å². The van der Waals surface area contributed by atoms with Crippen molar-refractivity contribution in [3.63, 3.8) is 0 Å². The minimum absolute atomic E-state index is 0.182. The number of carbonyl (C=O) groups excluding carboxylic acids is 1. The molecule has 2 atom stereocenters. The summed E-state index contributed by atoms with van der Waals surface area (Å²) in [7, 11) is 0. The van der Waals surface area contributed by atoms with Crippen LogP contribution in [0.25, 0.3) is 10.8 Å². The zero-order chi connectivity index (χ0) is 17.4. The van der Waals surface area contributed by atoms with E-state index in [1.807, 2.05) is 30.0 Å². The van der Waals surface area contributed by atoms with Gasteiger partial charge in [0.1, 0.15) is 0 Å². The maximum atomic E-state index is 12.2. The van der Waals surface area contributed by atoms with Gasteiger partial charge in [-0.3, -0.25) is 4.79 Å². The maximum absolute atomic E-state index is 12.2. The van der Waals surface area contributed by atoms with Gasteiger partial charge in [0, 0.05) is 23.5 Å². The van der Waals surface area contributed by atoms with E-state index in [9.17, 15) is 9.59 Å². The number of fused-ring (bicyclic) bond motifs is 3. The number of ether oxygens (including phenoxy) is 1. The number of benzene rings is 1. The van der Waals surface area contributed by atoms with Crippen LogP contribution in [-0.2, 0) is 4.74 Å². The Balaban J connectivity index is 1.54. The van der Waals surface area contributed by atoms with Crippen LogP contribution in [0.4, 0.5) is 10.6 Å². The lowest BCUT2D eigenvalue weighted by atomic mass is 9.97. The molecule has 4 rings (SSSR count). The summed E-state index contributed by atoms with van der Waals surface area (Å²) in [5, 5.41) is 11.7. The van der Waals surface area contributed by atoms with Crippen molar-refractivity contribution in [3.8, 4) is 0 Å². The molecular weight excluding hydrogens is 320 g/mol. The molecule has 25 heavy (non-hydrogen) atoms. The molecule has 132 valence electrons. The van der Waals surface area contributed by atoms with E-state index in [4.69, 9.17) is 4.74 Å². The van der Waals surface area contributed by atoms with Gasteiger partial charge in [0.15, 0.2) is 5.82 Å². The van der Waals surface area contributed by atoms with Crippen LogP contribution in [0.2, 0.25) is 0 Å². The van der Waals surface area contributed by atoms with Crippen molar-refractivity contribution >= 4 is 22.7 Å². The zero-order valence-electron chi connectivity index (χ0n) is 14.2. The summed E-state index contributed by atoms with van der Waals surface area (Å²) < 4.78 is 5.20. The highest BCUT2D eigenvalue weighted by Gasteiger charge is 2.44. The molecule has 2 aliphatic heterocycles. The third kappa shape index (κ3) is 2.83. The molecule has 2 aliphatic rings. The van der Waals surface area contributed by atoms with Crippen LogP contribution in [0.3, 0.4) is 0 Å². The molecule has 0 radical (unpaired) electrons. The first-order valence-corrected chi connectivity index (χ1v) is 8.86. The molecule has 7 nitrogen and oxygen atoms in total. The first kappa shape index (κ1) is 15.9. The first-order valence-electron chi connectivity index (χ1n) is 8.86. The number of nitrogens with one attached hydrogen (secondary N) is 2. The van der Waals surface area contributed by atoms with Crippen LogP contribution >= 0.6 is 0 Å². The number of rotatable bonds is 3. The van der Waals surface area contributed by atoms with Gasteiger partial charge < -0.3 is 15.0 Å². The van der Waals surface area contributed by atoms with Crippen LogP contribution in [0.15, 0.2) is 29.1 Å². The van der Waals surface area contributed by atoms with E-state index < -0.39 is 0 Å². The second kappa shape index (κ2) is 6.38. The van der Waals surface area contributed by atoms with Crippen molar-refractivity contribution in [2.75, 3.05) is 11.9 Å². The number of anilines is 1. The van der Waals surface area contributed by atoms with Gasteiger partial charge in [0.25, 0.3) is 5.56 Å². The Morgan fingerprint density at radius 2 is 1.96 bits per heavy atom. The fourth-order valence-electron chi connectivity index (χ4n) is 4.21. The van der Waals surface area contributed by atoms with Crippen LogP contribution in [0.1, 0.15) is 32.6 Å². The SMILES string of the molecule is CCOC(=O)N1C2CCC1CC(Nc1n[nH]c(=O)c3ccccc13)C2. The summed E-state index contributed by atoms with van der Waals surface area (Å²) in [4.78, 5) is 26.0. The topological polar surface area (TPSA) is 87.3 Å². The van der Waals surface area contributed by atoms with Crippen molar-refractivity contribution in [2.45, 2.75) is 50.7 Å². The van der Waals surface area contributed by atoms with Crippen LogP contribution in [0, 0.1) is 0 Å². The molecule has 3 heterocycles. The fourth-order valence-corrected chi connectivity index (χ4v) is 4.21. The van der Waals surface area contributed by atoms with Crippen molar-refractivity contribution in [2.24, 2.45) is 0 Å². The van der Waals surface area contributed by atoms with Crippen molar-refractivity contribution in [3.05, 3.63) is 34.6 Å². The molecule has 1 aromatic carbocycles. The molecule has 2 bridgehead atoms. The van der Waals surface area contributed by atoms with Gasteiger partial charge in [-0.15, -0.1) is 0 Å². The van der Waals surface area contributed by atoms with Crippen molar-refractivity contribution < 1.29 is 9.53 Å². The number of aromatic nitrogens is 2. The number of H-pyrrole nitrogens is 1. The molecule has 1 amide bonds. The lowest BCUT2D eigenvalue weighted by Crippen LogP contribution is -2.50. The molecule has 0 aliphatic carbocycles. The fraction of sp³-hybridized carbons (Fsp3) is 0.500. The highest BCUT2D eigenvalue weighted by molar-refractivity contribution is 5.90. The van der Waals surface area contributed by atoms with Gasteiger partial charge in [-0.25, -0.2) is 9.89 Å². The molecule has 2 saturated heterocycles. The second-order valence-corrected chi connectivity index (χ2v) is 6.75. The van der Waals surface area contributed by atoms with E-state index in [-0.39, 0.29) is 29.8 Å². The summed E-state index contributed by atoms with van der Waals surface area (Å²) in [6.45, 7) is 2.24. The highest BCUT2D eigenvalue weighted by atomic mass is 16.6. The molecular formula is C18H22N4O3. The lowest BCUT2D eigenvalue weighted by Gasteiger charge is -2.38. The Kier molecular flexibility index (Phi) is 4.07. The van der Waals surface area contributed by atoms with Gasteiger partial charge in [0.2, 0.25) is 0 Å². The second-order valence-electron chi connectivity index (χ2n) is 6.75. The first-order chi connectivity index (χ1) is 12.2. The quantitative estimate of drug-likeness (QED) is 0.895. The van der Waals surface area contributed by atoms with Crippen LogP contribution < -0.4 is 10.9 Å². The predicted molar refractivity (Wildman–Crippen MR) is 94.7 cm³/mol. The Bertz CT molecular complexity index is 836. The number of aromatic amines is 1. The van der Waals surface area contributed by atoms with E-state index in [2.05, 4.69) is 15.5 Å². The number of amides is 1. The van der Waals surface area contributed by atoms with Gasteiger partial charge >= 0.3 is 6.09 Å². The predicted octanol–water partition coefficient (Wildman–Crippen LogP) is 2.49. The van der Waals surface area contributed by atoms with Gasteiger partial charge in [-0.2, -0.15) is 5.10 Å². The number of hydrogen-bond donors (Lipinski definition) is 2. The van der Waals surface area contributed by atoms with E-state index in [1.165, 1.54) is 0 Å². The minimum Gasteiger partial charge on any atom is -0.450 e. The molecule has 2 fully saturated rings. The highest BCUT2D eigenvalue weighted by Crippen LogP contribution is 2.37. The number of piperidine rings is 1. The average Bonchev–Trinajstić information content (AvgIpc) is 2.89. The third-order valence-electron chi connectivity index (χ3n) is 5.25. The lowest BCUT2D eigenvalue weighted by molar-refractivity contribution is 0.0711. The Labute approximate surface area is 145 Å². The number of carbonyl (C=O) groups is 1. The summed E-state index contributed by atoms with van der Waals surface area (Å²) >= 11 is 0. The Hall–Kier alpha value is -2.57. The largest absolute Gasteiger partial charge is 0.450 e. The third-order valence-corrected chi connectivity index (χ3v) is 5.25. The van der Waals surface area contributed by atoms with Crippen molar-refractivity contribution in [1.29, 1.82) is 0 Å². The smallest absolute Gasteiger partial charge is 0.410 e. The van der Waals surface area contributed by atoms with E-state index >= 15 is 0 Å². The summed E-state index contributed by atoms with van der Waals surface area (Å²) in [6.07, 6.45) is 3.57. The molecule has 2 unspecified atom stereocenters. The molecule has 2 aromatic rings. The standard InChI is InChI=1S/C18H22N4O3/c1-2-25-18(24)22-12-7-8-13(22)10-11(9-12)19-16-14-5-3-4-6-15(14)17(23)21-20-16/h3-6,11-13H,2,7-10H2,1H3,(H,19,20)(H,21,23). The summed E-state index contributed by atoms with van der Waals surface area (Å²) in [5.41, 5.74) is -0.182. The molecule has 1 aromatic heterocycles. The summed E-state index contributed by atoms with van der Waals surface area (Å²) in [6, 6.07) is 8.11. The minimum atomic E-state index is -0.193. The molecule has 0 spiro atoms. The van der Waals surface area contributed by atoms with Gasteiger partial charge in [-0.1, -0.05) is 18.2 Å². The average molecular weight is 342 g/mol. The number of hydrogen-bond acceptors (Lipinski definition) is 5. The van der Waals surface area contributed by atoms with E-state index in [0.29, 0.717) is 17.8 Å². The molecule has 2 N–H and O–H groups in total. The van der Waals surface area contributed by atoms with Crippen LogP contribution in [-0.4, -0.2) is 45.9 Å². The van der Waals surface area contributed by atoms with E-state index in [1.54, 1.807) is 6.07 Å². The normalized spacial score (nSPS) is 25.2. The Morgan fingerprint density at radius 1 is 1.28 bits per heavy atom. The number of nitrogens with zero attached hydrogens (tertiary/aromatic N) is 2. The molecule has 7 heteroatoms. The monoisotopic (exact) mass is 342 g/mol. The van der Waals surface area contributed by atoms with Crippen LogP contribution in [0.5, 0.6) is 0 Å². The molecule has 0 saturated carbocycles. The maximum Gasteiger partial charge on any atom is 0.410 e. The Morgan fingerprint density at radius 3 is 2.64 bits per heavy atom.